The number of rotatable bonds is 2. The summed E-state index contributed by atoms with van der Waals surface area (Å²) in [6.07, 6.45) is -6.18. The number of alkyl halides is 5. The molecule has 1 aliphatic rings. The van der Waals surface area contributed by atoms with Gasteiger partial charge < -0.3 is 9.84 Å². The highest BCUT2D eigenvalue weighted by Gasteiger charge is 2.42. The van der Waals surface area contributed by atoms with E-state index < -0.39 is 36.8 Å². The molecule has 0 radical (unpaired) electrons. The third-order valence-corrected chi connectivity index (χ3v) is 3.08. The van der Waals surface area contributed by atoms with Crippen LogP contribution in [0.4, 0.5) is 22.0 Å². The highest BCUT2D eigenvalue weighted by molar-refractivity contribution is 5.42. The monoisotopic (exact) mass is 282 g/mol. The van der Waals surface area contributed by atoms with Crippen LogP contribution in [0.25, 0.3) is 0 Å². The zero-order valence-corrected chi connectivity index (χ0v) is 9.68. The minimum absolute atomic E-state index is 0.102. The van der Waals surface area contributed by atoms with E-state index in [2.05, 4.69) is 0 Å². The number of halogens is 5. The lowest BCUT2D eigenvalue weighted by atomic mass is 9.90. The Morgan fingerprint density at radius 2 is 1.89 bits per heavy atom. The van der Waals surface area contributed by atoms with Crippen molar-refractivity contribution in [2.75, 3.05) is 13.3 Å². The molecule has 1 aliphatic heterocycles. The summed E-state index contributed by atoms with van der Waals surface area (Å²) in [6.45, 7) is -2.45. The Morgan fingerprint density at radius 1 is 1.26 bits per heavy atom. The maximum Gasteiger partial charge on any atom is 0.416 e. The van der Waals surface area contributed by atoms with Crippen LogP contribution >= 0.6 is 0 Å². The first-order valence-electron chi connectivity index (χ1n) is 5.51. The molecule has 1 N–H and O–H groups in total. The molecule has 7 heteroatoms. The van der Waals surface area contributed by atoms with Gasteiger partial charge in [0.25, 0.3) is 0 Å². The zero-order valence-electron chi connectivity index (χ0n) is 9.68. The van der Waals surface area contributed by atoms with Crippen molar-refractivity contribution in [2.24, 2.45) is 0 Å². The van der Waals surface area contributed by atoms with Gasteiger partial charge in [-0.3, -0.25) is 0 Å². The van der Waals surface area contributed by atoms with Crippen LogP contribution in [0.1, 0.15) is 23.7 Å². The Balaban J connectivity index is 2.44. The molecular formula is C12H11F5O2. The predicted octanol–water partition coefficient (Wildman–Crippen LogP) is 3.20. The average molecular weight is 282 g/mol. The summed E-state index contributed by atoms with van der Waals surface area (Å²) in [7, 11) is 0. The third-order valence-electron chi connectivity index (χ3n) is 3.08. The number of ether oxygens (including phenoxy) is 1. The van der Waals surface area contributed by atoms with E-state index in [1.54, 1.807) is 0 Å². The normalized spacial score (nSPS) is 21.7. The van der Waals surface area contributed by atoms with E-state index in [0.29, 0.717) is 6.07 Å². The molecule has 1 heterocycles. The van der Waals surface area contributed by atoms with Crippen LogP contribution in [0.5, 0.6) is 5.75 Å². The van der Waals surface area contributed by atoms with Gasteiger partial charge in [0.15, 0.2) is 5.60 Å². The molecule has 0 aromatic heterocycles. The summed E-state index contributed by atoms with van der Waals surface area (Å²) < 4.78 is 68.3. The maximum absolute atomic E-state index is 12.8. The molecule has 0 aliphatic carbocycles. The first-order valence-corrected chi connectivity index (χ1v) is 5.51. The molecule has 1 aromatic carbocycles. The standard InChI is InChI=1S/C12H11F5O2/c13-5-11(6-14)4-9(18)8-2-1-7(12(15,16)17)3-10(8)19-11/h1-3,9,18H,4-6H2/t9-/m0/s1. The van der Waals surface area contributed by atoms with Crippen molar-refractivity contribution in [1.29, 1.82) is 0 Å². The fourth-order valence-electron chi connectivity index (χ4n) is 2.01. The molecule has 1 atom stereocenters. The topological polar surface area (TPSA) is 29.5 Å². The molecule has 2 rings (SSSR count). The van der Waals surface area contributed by atoms with Crippen LogP contribution in [0.2, 0.25) is 0 Å². The van der Waals surface area contributed by atoms with Crippen LogP contribution in [0.15, 0.2) is 18.2 Å². The summed E-state index contributed by atoms with van der Waals surface area (Å²) in [6, 6.07) is 2.50. The molecule has 0 spiro atoms. The molecule has 1 aromatic rings. The van der Waals surface area contributed by atoms with Crippen LogP contribution < -0.4 is 4.74 Å². The van der Waals surface area contributed by atoms with Crippen molar-refractivity contribution in [3.63, 3.8) is 0 Å². The summed E-state index contributed by atoms with van der Waals surface area (Å²) in [5.41, 5.74) is -2.80. The number of aliphatic hydroxyl groups excluding tert-OH is 1. The second kappa shape index (κ2) is 4.63. The number of aliphatic hydroxyl groups is 1. The van der Waals surface area contributed by atoms with Crippen LogP contribution in [0.3, 0.4) is 0 Å². The van der Waals surface area contributed by atoms with Gasteiger partial charge in [0.1, 0.15) is 19.1 Å². The molecule has 0 saturated heterocycles. The molecule has 2 nitrogen and oxygen atoms in total. The maximum atomic E-state index is 12.8. The molecule has 0 fully saturated rings. The van der Waals surface area contributed by atoms with E-state index in [1.807, 2.05) is 0 Å². The fraction of sp³-hybridized carbons (Fsp3) is 0.500. The number of hydrogen-bond donors (Lipinski definition) is 1. The lowest BCUT2D eigenvalue weighted by Crippen LogP contribution is -2.45. The molecule has 0 saturated carbocycles. The van der Waals surface area contributed by atoms with Crippen molar-refractivity contribution >= 4 is 0 Å². The molecule has 106 valence electrons. The number of hydrogen-bond acceptors (Lipinski definition) is 2. The zero-order chi connectivity index (χ0) is 14.3. The first-order chi connectivity index (χ1) is 8.81. The Morgan fingerprint density at radius 3 is 2.42 bits per heavy atom. The molecule has 0 amide bonds. The summed E-state index contributed by atoms with van der Waals surface area (Å²) in [5, 5.41) is 9.76. The second-order valence-corrected chi connectivity index (χ2v) is 4.52. The Kier molecular flexibility index (Phi) is 3.42. The van der Waals surface area contributed by atoms with E-state index in [1.165, 1.54) is 0 Å². The van der Waals surface area contributed by atoms with Gasteiger partial charge in [-0.2, -0.15) is 13.2 Å². The lowest BCUT2D eigenvalue weighted by molar-refractivity contribution is -0.138. The van der Waals surface area contributed by atoms with Crippen LogP contribution in [-0.2, 0) is 6.18 Å². The molecular weight excluding hydrogens is 271 g/mol. The van der Waals surface area contributed by atoms with E-state index in [9.17, 15) is 27.1 Å². The Hall–Kier alpha value is -1.37. The van der Waals surface area contributed by atoms with E-state index in [0.717, 1.165) is 12.1 Å². The first kappa shape index (κ1) is 14.0. The van der Waals surface area contributed by atoms with Crippen molar-refractivity contribution in [2.45, 2.75) is 24.3 Å². The van der Waals surface area contributed by atoms with Gasteiger partial charge in [0, 0.05) is 12.0 Å². The van der Waals surface area contributed by atoms with Gasteiger partial charge in [0.2, 0.25) is 0 Å². The fourth-order valence-corrected chi connectivity index (χ4v) is 2.01. The average Bonchev–Trinajstić information content (AvgIpc) is 2.36. The SMILES string of the molecule is O[C@H]1CC(CF)(CF)Oc2cc(C(F)(F)F)ccc21. The van der Waals surface area contributed by atoms with E-state index in [-0.39, 0.29) is 17.7 Å². The van der Waals surface area contributed by atoms with E-state index >= 15 is 0 Å². The predicted molar refractivity (Wildman–Crippen MR) is 56.3 cm³/mol. The van der Waals surface area contributed by atoms with Crippen molar-refractivity contribution in [3.8, 4) is 5.75 Å². The smallest absolute Gasteiger partial charge is 0.416 e. The molecule has 0 unspecified atom stereocenters. The van der Waals surface area contributed by atoms with E-state index in [4.69, 9.17) is 4.74 Å². The molecule has 19 heavy (non-hydrogen) atoms. The highest BCUT2D eigenvalue weighted by atomic mass is 19.4. The van der Waals surface area contributed by atoms with Crippen molar-refractivity contribution in [3.05, 3.63) is 29.3 Å². The van der Waals surface area contributed by atoms with Gasteiger partial charge in [-0.1, -0.05) is 6.07 Å². The quantitative estimate of drug-likeness (QED) is 0.844. The minimum atomic E-state index is -4.59. The third kappa shape index (κ3) is 2.51. The Bertz CT molecular complexity index is 468. The lowest BCUT2D eigenvalue weighted by Gasteiger charge is -2.37. The van der Waals surface area contributed by atoms with Gasteiger partial charge in [-0.25, -0.2) is 8.78 Å². The van der Waals surface area contributed by atoms with Gasteiger partial charge in [-0.15, -0.1) is 0 Å². The summed E-state index contributed by atoms with van der Waals surface area (Å²) >= 11 is 0. The van der Waals surface area contributed by atoms with Gasteiger partial charge >= 0.3 is 6.18 Å². The highest BCUT2D eigenvalue weighted by Crippen LogP contribution is 2.43. The summed E-state index contributed by atoms with van der Waals surface area (Å²) in [4.78, 5) is 0. The van der Waals surface area contributed by atoms with Crippen molar-refractivity contribution in [1.82, 2.24) is 0 Å². The number of fused-ring (bicyclic) bond motifs is 1. The van der Waals surface area contributed by atoms with Gasteiger partial charge in [0.05, 0.1) is 11.7 Å². The van der Waals surface area contributed by atoms with Crippen LogP contribution in [0, 0.1) is 0 Å². The van der Waals surface area contributed by atoms with Gasteiger partial charge in [-0.05, 0) is 12.1 Å². The second-order valence-electron chi connectivity index (χ2n) is 4.52. The van der Waals surface area contributed by atoms with Crippen LogP contribution in [-0.4, -0.2) is 24.1 Å². The molecule has 0 bridgehead atoms. The Labute approximate surface area is 105 Å². The van der Waals surface area contributed by atoms with Crippen molar-refractivity contribution < 1.29 is 31.8 Å². The number of benzene rings is 1. The minimum Gasteiger partial charge on any atom is -0.481 e. The largest absolute Gasteiger partial charge is 0.481 e. The summed E-state index contributed by atoms with van der Waals surface area (Å²) in [5.74, 6) is -0.330.